The van der Waals surface area contributed by atoms with Crippen LogP contribution in [-0.4, -0.2) is 74.3 Å². The highest BCUT2D eigenvalue weighted by Crippen LogP contribution is 2.22. The molecule has 28 heavy (non-hydrogen) atoms. The highest BCUT2D eigenvalue weighted by atomic mass is 32.2. The van der Waals surface area contributed by atoms with Crippen LogP contribution in [0.5, 0.6) is 5.75 Å². The van der Waals surface area contributed by atoms with Crippen molar-refractivity contribution in [2.24, 2.45) is 0 Å². The zero-order valence-electron chi connectivity index (χ0n) is 16.1. The van der Waals surface area contributed by atoms with Gasteiger partial charge in [0, 0.05) is 57.1 Å². The van der Waals surface area contributed by atoms with Crippen LogP contribution >= 0.6 is 11.8 Å². The minimum absolute atomic E-state index is 0.0886. The fourth-order valence-corrected chi connectivity index (χ4v) is 4.68. The zero-order chi connectivity index (χ0) is 19.2. The van der Waals surface area contributed by atoms with Gasteiger partial charge in [-0.1, -0.05) is 12.1 Å². The van der Waals surface area contributed by atoms with E-state index in [9.17, 15) is 4.79 Å². The Hall–Kier alpha value is -2.06. The molecule has 1 amide bonds. The molecule has 1 aromatic carbocycles. The average molecular weight is 402 g/mol. The molecule has 0 N–H and O–H groups in total. The summed E-state index contributed by atoms with van der Waals surface area (Å²) in [6.45, 7) is 5.02. The Morgan fingerprint density at radius 1 is 1.18 bits per heavy atom. The predicted molar refractivity (Wildman–Crippen MR) is 109 cm³/mol. The summed E-state index contributed by atoms with van der Waals surface area (Å²) in [7, 11) is 0. The van der Waals surface area contributed by atoms with E-state index in [1.54, 1.807) is 11.0 Å². The van der Waals surface area contributed by atoms with Crippen molar-refractivity contribution in [1.29, 1.82) is 0 Å². The SMILES string of the molecule is O=C(Cn1cncn1)N1CCC(Oc2cccc(CN3CCSCC3)c2)CC1. The van der Waals surface area contributed by atoms with Crippen molar-refractivity contribution in [3.05, 3.63) is 42.5 Å². The van der Waals surface area contributed by atoms with Crippen molar-refractivity contribution in [2.75, 3.05) is 37.7 Å². The third kappa shape index (κ3) is 5.26. The van der Waals surface area contributed by atoms with Crippen molar-refractivity contribution in [2.45, 2.75) is 32.0 Å². The monoisotopic (exact) mass is 401 g/mol. The van der Waals surface area contributed by atoms with Gasteiger partial charge in [0.25, 0.3) is 0 Å². The topological polar surface area (TPSA) is 63.5 Å². The van der Waals surface area contributed by atoms with Gasteiger partial charge in [-0.05, 0) is 17.7 Å². The van der Waals surface area contributed by atoms with Crippen molar-refractivity contribution >= 4 is 17.7 Å². The molecule has 2 aliphatic heterocycles. The van der Waals surface area contributed by atoms with Gasteiger partial charge < -0.3 is 9.64 Å². The van der Waals surface area contributed by atoms with Crippen LogP contribution in [0.1, 0.15) is 18.4 Å². The Balaban J connectivity index is 1.25. The largest absolute Gasteiger partial charge is 0.490 e. The van der Waals surface area contributed by atoms with E-state index in [2.05, 4.69) is 33.2 Å². The van der Waals surface area contributed by atoms with Gasteiger partial charge in [0.15, 0.2) is 0 Å². The molecular weight excluding hydrogens is 374 g/mol. The average Bonchev–Trinajstić information content (AvgIpc) is 3.23. The van der Waals surface area contributed by atoms with Crippen LogP contribution < -0.4 is 4.74 Å². The van der Waals surface area contributed by atoms with E-state index in [0.29, 0.717) is 0 Å². The standard InChI is InChI=1S/C20H27N5O2S/c26-20(14-25-16-21-15-22-25)24-6-4-18(5-7-24)27-19-3-1-2-17(12-19)13-23-8-10-28-11-9-23/h1-3,12,15-16,18H,4-11,13-14H2. The number of carbonyl (C=O) groups excluding carboxylic acids is 1. The molecule has 1 aromatic heterocycles. The number of piperidine rings is 1. The van der Waals surface area contributed by atoms with Gasteiger partial charge in [-0.3, -0.25) is 9.69 Å². The number of likely N-dealkylation sites (tertiary alicyclic amines) is 1. The molecule has 0 radical (unpaired) electrons. The van der Waals surface area contributed by atoms with Gasteiger partial charge >= 0.3 is 0 Å². The van der Waals surface area contributed by atoms with Crippen LogP contribution in [0.3, 0.4) is 0 Å². The Morgan fingerprint density at radius 3 is 2.75 bits per heavy atom. The van der Waals surface area contributed by atoms with Crippen LogP contribution in [0.25, 0.3) is 0 Å². The number of nitrogens with zero attached hydrogens (tertiary/aromatic N) is 5. The van der Waals surface area contributed by atoms with Crippen LogP contribution in [0.2, 0.25) is 0 Å². The normalized spacial score (nSPS) is 18.9. The molecule has 0 atom stereocenters. The summed E-state index contributed by atoms with van der Waals surface area (Å²) in [5.41, 5.74) is 1.31. The molecule has 8 heteroatoms. The number of thioether (sulfide) groups is 1. The van der Waals surface area contributed by atoms with Gasteiger partial charge in [-0.15, -0.1) is 0 Å². The number of aromatic nitrogens is 3. The lowest BCUT2D eigenvalue weighted by Crippen LogP contribution is -2.43. The Bertz CT molecular complexity index is 756. The second kappa shape index (κ2) is 9.43. The van der Waals surface area contributed by atoms with Gasteiger partial charge in [0.1, 0.15) is 31.1 Å². The first kappa shape index (κ1) is 19.3. The number of ether oxygens (including phenoxy) is 1. The fourth-order valence-electron chi connectivity index (χ4n) is 3.70. The lowest BCUT2D eigenvalue weighted by molar-refractivity contribution is -0.133. The molecular formula is C20H27N5O2S. The van der Waals surface area contributed by atoms with Crippen molar-refractivity contribution in [3.8, 4) is 5.75 Å². The van der Waals surface area contributed by atoms with Crippen molar-refractivity contribution in [3.63, 3.8) is 0 Å². The third-order valence-corrected chi connectivity index (χ3v) is 6.21. The molecule has 0 aliphatic carbocycles. The van der Waals surface area contributed by atoms with Gasteiger partial charge in [-0.25, -0.2) is 9.67 Å². The van der Waals surface area contributed by atoms with E-state index < -0.39 is 0 Å². The molecule has 0 bridgehead atoms. The zero-order valence-corrected chi connectivity index (χ0v) is 16.9. The predicted octanol–water partition coefficient (Wildman–Crippen LogP) is 1.90. The molecule has 150 valence electrons. The highest BCUT2D eigenvalue weighted by Gasteiger charge is 2.24. The third-order valence-electron chi connectivity index (χ3n) is 5.27. The summed E-state index contributed by atoms with van der Waals surface area (Å²) < 4.78 is 7.80. The number of hydrogen-bond acceptors (Lipinski definition) is 6. The number of benzene rings is 1. The van der Waals surface area contributed by atoms with E-state index in [1.165, 1.54) is 23.4 Å². The minimum atomic E-state index is 0.0886. The molecule has 2 aliphatic rings. The maximum absolute atomic E-state index is 12.4. The number of rotatable bonds is 6. The van der Waals surface area contributed by atoms with E-state index in [0.717, 1.165) is 51.3 Å². The second-order valence-corrected chi connectivity index (χ2v) is 8.55. The van der Waals surface area contributed by atoms with Gasteiger partial charge in [-0.2, -0.15) is 16.9 Å². The van der Waals surface area contributed by atoms with E-state index in [-0.39, 0.29) is 18.6 Å². The van der Waals surface area contributed by atoms with Gasteiger partial charge in [0.05, 0.1) is 0 Å². The Labute approximate surface area is 170 Å². The Kier molecular flexibility index (Phi) is 6.49. The fraction of sp³-hybridized carbons (Fsp3) is 0.550. The molecule has 0 unspecified atom stereocenters. The molecule has 4 rings (SSSR count). The summed E-state index contributed by atoms with van der Waals surface area (Å²) >= 11 is 2.04. The maximum Gasteiger partial charge on any atom is 0.244 e. The van der Waals surface area contributed by atoms with Crippen LogP contribution in [0.4, 0.5) is 0 Å². The molecule has 0 saturated carbocycles. The summed E-state index contributed by atoms with van der Waals surface area (Å²) in [6, 6.07) is 8.47. The quantitative estimate of drug-likeness (QED) is 0.737. The maximum atomic E-state index is 12.4. The highest BCUT2D eigenvalue weighted by molar-refractivity contribution is 7.99. The van der Waals surface area contributed by atoms with E-state index in [1.807, 2.05) is 22.7 Å². The lowest BCUT2D eigenvalue weighted by Gasteiger charge is -2.32. The molecule has 7 nitrogen and oxygen atoms in total. The van der Waals surface area contributed by atoms with Crippen LogP contribution in [-0.2, 0) is 17.9 Å². The molecule has 3 heterocycles. The van der Waals surface area contributed by atoms with Crippen LogP contribution in [0.15, 0.2) is 36.9 Å². The summed E-state index contributed by atoms with van der Waals surface area (Å²) in [6.07, 6.45) is 4.90. The second-order valence-electron chi connectivity index (χ2n) is 7.33. The first-order valence-corrected chi connectivity index (χ1v) is 11.1. The first-order valence-electron chi connectivity index (χ1n) is 9.92. The minimum Gasteiger partial charge on any atom is -0.490 e. The summed E-state index contributed by atoms with van der Waals surface area (Å²) in [5.74, 6) is 3.48. The number of hydrogen-bond donors (Lipinski definition) is 0. The Morgan fingerprint density at radius 2 is 2.00 bits per heavy atom. The van der Waals surface area contributed by atoms with Crippen LogP contribution in [0, 0.1) is 0 Å². The molecule has 2 saturated heterocycles. The number of carbonyl (C=O) groups is 1. The van der Waals surface area contributed by atoms with Gasteiger partial charge in [0.2, 0.25) is 5.91 Å². The molecule has 0 spiro atoms. The van der Waals surface area contributed by atoms with Crippen molar-refractivity contribution in [1.82, 2.24) is 24.6 Å². The van der Waals surface area contributed by atoms with E-state index >= 15 is 0 Å². The summed E-state index contributed by atoms with van der Waals surface area (Å²) in [4.78, 5) is 20.6. The summed E-state index contributed by atoms with van der Waals surface area (Å²) in [5, 5.41) is 4.00. The lowest BCUT2D eigenvalue weighted by atomic mass is 10.1. The van der Waals surface area contributed by atoms with Crippen molar-refractivity contribution < 1.29 is 9.53 Å². The first-order chi connectivity index (χ1) is 13.8. The number of amides is 1. The van der Waals surface area contributed by atoms with E-state index in [4.69, 9.17) is 4.74 Å². The molecule has 2 fully saturated rings. The molecule has 2 aromatic rings. The smallest absolute Gasteiger partial charge is 0.244 e.